The summed E-state index contributed by atoms with van der Waals surface area (Å²) in [7, 11) is -3.10. The van der Waals surface area contributed by atoms with Crippen LogP contribution in [-0.4, -0.2) is 34.4 Å². The molecule has 2 aromatic heterocycles. The monoisotopic (exact) mass is 443 g/mol. The Labute approximate surface area is 168 Å². The third kappa shape index (κ3) is 3.86. The SMILES string of the molecule is CC1C(=Cc2cnn3ccc(C(F)(F)F)cc23)C=C([N+](=O)[O-])C=C1S(=O)(=O)N(C)N. The van der Waals surface area contributed by atoms with Gasteiger partial charge in [-0.2, -0.15) is 18.3 Å². The number of halogens is 3. The van der Waals surface area contributed by atoms with Crippen LogP contribution in [0.2, 0.25) is 0 Å². The van der Waals surface area contributed by atoms with Crippen LogP contribution in [0.25, 0.3) is 11.6 Å². The standard InChI is InChI=1S/C17H16F3N5O4S/c1-10-11(6-14(25(26)27)8-16(10)30(28,29)23(2)21)5-12-9-22-24-4-3-13(7-15(12)24)17(18,19)20/h3-10H,21H2,1-2H3. The average Bonchev–Trinajstić information content (AvgIpc) is 3.04. The van der Waals surface area contributed by atoms with Crippen molar-refractivity contribution < 1.29 is 26.5 Å². The summed E-state index contributed by atoms with van der Waals surface area (Å²) in [5, 5.41) is 15.3. The molecule has 1 aliphatic carbocycles. The zero-order chi connectivity index (χ0) is 22.4. The minimum absolute atomic E-state index is 0.107. The van der Waals surface area contributed by atoms with Crippen LogP contribution in [-0.2, 0) is 16.2 Å². The molecule has 0 bridgehead atoms. The lowest BCUT2D eigenvalue weighted by atomic mass is 9.93. The van der Waals surface area contributed by atoms with E-state index >= 15 is 0 Å². The molecule has 0 fully saturated rings. The lowest BCUT2D eigenvalue weighted by molar-refractivity contribution is -0.419. The quantitative estimate of drug-likeness (QED) is 0.440. The van der Waals surface area contributed by atoms with Gasteiger partial charge in [0.25, 0.3) is 15.7 Å². The number of hydrogen-bond donors (Lipinski definition) is 1. The van der Waals surface area contributed by atoms with Crippen molar-refractivity contribution in [3.8, 4) is 0 Å². The van der Waals surface area contributed by atoms with Gasteiger partial charge in [-0.1, -0.05) is 6.92 Å². The van der Waals surface area contributed by atoms with Crippen LogP contribution in [0, 0.1) is 16.0 Å². The molecule has 0 saturated carbocycles. The second kappa shape index (κ2) is 7.34. The van der Waals surface area contributed by atoms with E-state index in [0.717, 1.165) is 37.5 Å². The van der Waals surface area contributed by atoms with Gasteiger partial charge in [0.15, 0.2) is 0 Å². The molecule has 0 radical (unpaired) electrons. The summed E-state index contributed by atoms with van der Waals surface area (Å²) in [4.78, 5) is 10.2. The maximum atomic E-state index is 13.1. The number of sulfonamides is 1. The highest BCUT2D eigenvalue weighted by Crippen LogP contribution is 2.35. The molecule has 1 unspecified atom stereocenters. The van der Waals surface area contributed by atoms with Crippen LogP contribution in [0.4, 0.5) is 13.2 Å². The van der Waals surface area contributed by atoms with Gasteiger partial charge in [0.05, 0.1) is 27.1 Å². The Morgan fingerprint density at radius 1 is 1.37 bits per heavy atom. The van der Waals surface area contributed by atoms with Crippen molar-refractivity contribution in [2.75, 3.05) is 7.05 Å². The molecule has 1 aliphatic rings. The normalized spacial score (nSPS) is 19.3. The topological polar surface area (TPSA) is 124 Å². The Bertz CT molecular complexity index is 1230. The number of aromatic nitrogens is 2. The van der Waals surface area contributed by atoms with Gasteiger partial charge >= 0.3 is 6.18 Å². The van der Waals surface area contributed by atoms with E-state index in [9.17, 15) is 31.7 Å². The van der Waals surface area contributed by atoms with Crippen molar-refractivity contribution in [1.29, 1.82) is 0 Å². The van der Waals surface area contributed by atoms with Crippen LogP contribution in [0.15, 0.2) is 52.9 Å². The van der Waals surface area contributed by atoms with E-state index < -0.39 is 38.3 Å². The highest BCUT2D eigenvalue weighted by Gasteiger charge is 2.34. The molecule has 1 atom stereocenters. The van der Waals surface area contributed by atoms with Crippen LogP contribution in [0.1, 0.15) is 18.1 Å². The number of rotatable bonds is 4. The highest BCUT2D eigenvalue weighted by atomic mass is 32.2. The molecule has 30 heavy (non-hydrogen) atoms. The van der Waals surface area contributed by atoms with Crippen molar-refractivity contribution in [3.63, 3.8) is 0 Å². The molecule has 3 rings (SSSR count). The van der Waals surface area contributed by atoms with Gasteiger partial charge in [0.2, 0.25) is 0 Å². The molecule has 0 saturated heterocycles. The molecule has 2 aromatic rings. The Morgan fingerprint density at radius 3 is 2.60 bits per heavy atom. The van der Waals surface area contributed by atoms with E-state index in [2.05, 4.69) is 5.10 Å². The van der Waals surface area contributed by atoms with E-state index in [1.807, 2.05) is 0 Å². The number of hydrazine groups is 1. The molecule has 0 spiro atoms. The number of allylic oxidation sites excluding steroid dienone is 4. The largest absolute Gasteiger partial charge is 0.416 e. The maximum absolute atomic E-state index is 13.1. The van der Waals surface area contributed by atoms with Crippen molar-refractivity contribution >= 4 is 21.6 Å². The van der Waals surface area contributed by atoms with E-state index in [-0.39, 0.29) is 21.6 Å². The third-order valence-corrected chi connectivity index (χ3v) is 6.45. The van der Waals surface area contributed by atoms with Gasteiger partial charge in [-0.3, -0.25) is 16.0 Å². The number of nitrogens with two attached hydrogens (primary N) is 1. The average molecular weight is 443 g/mol. The summed E-state index contributed by atoms with van der Waals surface area (Å²) in [5.41, 5.74) is -0.831. The summed E-state index contributed by atoms with van der Waals surface area (Å²) in [6.07, 6.45) is 1.31. The number of nitro groups is 1. The Kier molecular flexibility index (Phi) is 5.30. The third-order valence-electron chi connectivity index (χ3n) is 4.62. The first-order valence-electron chi connectivity index (χ1n) is 8.40. The minimum atomic E-state index is -4.57. The fraction of sp³-hybridized carbons (Fsp3) is 0.235. The smallest absolute Gasteiger partial charge is 0.258 e. The molecular formula is C17H16F3N5O4S. The van der Waals surface area contributed by atoms with Crippen LogP contribution >= 0.6 is 0 Å². The van der Waals surface area contributed by atoms with E-state index in [4.69, 9.17) is 5.84 Å². The van der Waals surface area contributed by atoms with E-state index in [1.54, 1.807) is 0 Å². The predicted octanol–water partition coefficient (Wildman–Crippen LogP) is 2.57. The summed E-state index contributed by atoms with van der Waals surface area (Å²) < 4.78 is 65.8. The van der Waals surface area contributed by atoms with Crippen molar-refractivity contribution in [3.05, 3.63) is 74.1 Å². The van der Waals surface area contributed by atoms with Crippen LogP contribution in [0.5, 0.6) is 0 Å². The number of nitrogens with zero attached hydrogens (tertiary/aromatic N) is 4. The summed E-state index contributed by atoms with van der Waals surface area (Å²) >= 11 is 0. The second-order valence-electron chi connectivity index (χ2n) is 6.60. The highest BCUT2D eigenvalue weighted by molar-refractivity contribution is 7.93. The molecule has 2 N–H and O–H groups in total. The second-order valence-corrected chi connectivity index (χ2v) is 8.60. The van der Waals surface area contributed by atoms with Crippen molar-refractivity contribution in [2.45, 2.75) is 13.1 Å². The predicted molar refractivity (Wildman–Crippen MR) is 101 cm³/mol. The van der Waals surface area contributed by atoms with Gasteiger partial charge in [-0.25, -0.2) is 12.9 Å². The molecule has 0 aliphatic heterocycles. The lowest BCUT2D eigenvalue weighted by Crippen LogP contribution is -2.36. The molecule has 9 nitrogen and oxygen atoms in total. The Hall–Kier alpha value is -3.03. The fourth-order valence-electron chi connectivity index (χ4n) is 2.98. The molecular weight excluding hydrogens is 427 g/mol. The van der Waals surface area contributed by atoms with E-state index in [0.29, 0.717) is 4.41 Å². The Morgan fingerprint density at radius 2 is 2.03 bits per heavy atom. The summed E-state index contributed by atoms with van der Waals surface area (Å²) in [6.45, 7) is 1.50. The zero-order valence-corrected chi connectivity index (χ0v) is 16.5. The van der Waals surface area contributed by atoms with Crippen LogP contribution < -0.4 is 5.84 Å². The molecule has 160 valence electrons. The van der Waals surface area contributed by atoms with Crippen molar-refractivity contribution in [2.24, 2.45) is 11.8 Å². The summed E-state index contributed by atoms with van der Waals surface area (Å²) in [5.74, 6) is 4.53. The van der Waals surface area contributed by atoms with Gasteiger partial charge in [0, 0.05) is 36.9 Å². The van der Waals surface area contributed by atoms with Crippen LogP contribution in [0.3, 0.4) is 0 Å². The van der Waals surface area contributed by atoms with Crippen molar-refractivity contribution in [1.82, 2.24) is 14.0 Å². The first-order valence-corrected chi connectivity index (χ1v) is 9.84. The van der Waals surface area contributed by atoms with Gasteiger partial charge in [-0.05, 0) is 23.8 Å². The molecule has 0 aromatic carbocycles. The number of hydrogen-bond acceptors (Lipinski definition) is 6. The first-order chi connectivity index (χ1) is 13.8. The van der Waals surface area contributed by atoms with E-state index in [1.165, 1.54) is 23.7 Å². The maximum Gasteiger partial charge on any atom is 0.416 e. The number of alkyl halides is 3. The first kappa shape index (κ1) is 21.7. The van der Waals surface area contributed by atoms with Gasteiger partial charge in [-0.15, -0.1) is 4.41 Å². The Balaban J connectivity index is 2.17. The van der Waals surface area contributed by atoms with Gasteiger partial charge < -0.3 is 0 Å². The lowest BCUT2D eigenvalue weighted by Gasteiger charge is -2.23. The molecule has 2 heterocycles. The van der Waals surface area contributed by atoms with Gasteiger partial charge in [0.1, 0.15) is 0 Å². The fourth-order valence-corrected chi connectivity index (χ4v) is 4.16. The number of fused-ring (bicyclic) bond motifs is 1. The minimum Gasteiger partial charge on any atom is -0.258 e. The molecule has 13 heteroatoms. The molecule has 0 amide bonds. The zero-order valence-electron chi connectivity index (χ0n) is 15.7. The number of pyridine rings is 1. The summed E-state index contributed by atoms with van der Waals surface area (Å²) in [6, 6.07) is 1.77.